The van der Waals surface area contributed by atoms with Gasteiger partial charge in [0.15, 0.2) is 6.29 Å². The fraction of sp³-hybridized carbons (Fsp3) is 0.342. The minimum atomic E-state index is -0.539. The van der Waals surface area contributed by atoms with E-state index in [1.54, 1.807) is 0 Å². The van der Waals surface area contributed by atoms with Gasteiger partial charge in [0.05, 0.1) is 32.0 Å². The number of amides is 2. The first-order valence-electron chi connectivity index (χ1n) is 16.1. The summed E-state index contributed by atoms with van der Waals surface area (Å²) >= 11 is 0. The number of hydrogen-bond acceptors (Lipinski definition) is 6. The normalized spacial score (nSPS) is 21.9. The van der Waals surface area contributed by atoms with Crippen LogP contribution in [0.2, 0.25) is 0 Å². The van der Waals surface area contributed by atoms with Gasteiger partial charge in [0.25, 0.3) is 0 Å². The van der Waals surface area contributed by atoms with Crippen LogP contribution in [0.1, 0.15) is 47.1 Å². The molecule has 0 radical (unpaired) electrons. The molecule has 8 heteroatoms. The number of carbonyl (C=O) groups excluding carboxylic acids is 1. The largest absolute Gasteiger partial charge is 0.392 e. The molecule has 240 valence electrons. The average Bonchev–Trinajstić information content (AvgIpc) is 3.12. The van der Waals surface area contributed by atoms with E-state index in [-0.39, 0.29) is 30.8 Å². The van der Waals surface area contributed by atoms with Crippen LogP contribution in [0.4, 0.5) is 4.79 Å². The van der Waals surface area contributed by atoms with Gasteiger partial charge in [-0.3, -0.25) is 4.90 Å². The Morgan fingerprint density at radius 3 is 2.17 bits per heavy atom. The summed E-state index contributed by atoms with van der Waals surface area (Å²) in [7, 11) is 0. The molecule has 6 rings (SSSR count). The summed E-state index contributed by atoms with van der Waals surface area (Å²) < 4.78 is 19.0. The molecule has 0 bridgehead atoms. The van der Waals surface area contributed by atoms with Crippen molar-refractivity contribution < 1.29 is 24.1 Å². The van der Waals surface area contributed by atoms with Gasteiger partial charge in [-0.25, -0.2) is 4.79 Å². The number of benzene rings is 4. The number of morpholine rings is 1. The molecular formula is C38H43N3O5. The summed E-state index contributed by atoms with van der Waals surface area (Å²) in [4.78, 5) is 14.8. The van der Waals surface area contributed by atoms with Gasteiger partial charge in [0, 0.05) is 44.2 Å². The molecule has 4 aromatic rings. The number of ether oxygens (including phenoxy) is 3. The fourth-order valence-electron chi connectivity index (χ4n) is 6.12. The van der Waals surface area contributed by atoms with Crippen LogP contribution < -0.4 is 10.6 Å². The summed E-state index contributed by atoms with van der Waals surface area (Å²) in [6.45, 7) is 7.18. The summed E-state index contributed by atoms with van der Waals surface area (Å²) in [5.41, 5.74) is 7.07. The number of aliphatic hydroxyl groups is 1. The van der Waals surface area contributed by atoms with E-state index in [0.717, 1.165) is 71.8 Å². The Balaban J connectivity index is 1.16. The van der Waals surface area contributed by atoms with E-state index < -0.39 is 6.29 Å². The molecule has 2 amide bonds. The van der Waals surface area contributed by atoms with Crippen LogP contribution in [0.3, 0.4) is 0 Å². The monoisotopic (exact) mass is 621 g/mol. The molecular weight excluding hydrogens is 578 g/mol. The number of urea groups is 1. The van der Waals surface area contributed by atoms with Gasteiger partial charge < -0.3 is 30.0 Å². The highest BCUT2D eigenvalue weighted by Gasteiger charge is 2.39. The van der Waals surface area contributed by atoms with Gasteiger partial charge in [-0.15, -0.1) is 0 Å². The van der Waals surface area contributed by atoms with E-state index >= 15 is 0 Å². The number of carbonyl (C=O) groups is 1. The lowest BCUT2D eigenvalue weighted by Crippen LogP contribution is -2.47. The molecule has 8 nitrogen and oxygen atoms in total. The van der Waals surface area contributed by atoms with Gasteiger partial charge in [-0.1, -0.05) is 97.9 Å². The molecule has 2 fully saturated rings. The third-order valence-corrected chi connectivity index (χ3v) is 8.83. The SMILES string of the molecule is C[C@H]1[C@@H](CN2CCOCC2)O[C@@H](c2cccc(-c3cccc(CNC(=O)NCc4ccccc4)c3)c2)O[C@H]1c1ccc(CO)cc1. The first kappa shape index (κ1) is 31.9. The van der Waals surface area contributed by atoms with Gasteiger partial charge in [-0.2, -0.15) is 0 Å². The smallest absolute Gasteiger partial charge is 0.315 e. The quantitative estimate of drug-likeness (QED) is 0.202. The molecule has 0 aliphatic carbocycles. The fourth-order valence-corrected chi connectivity index (χ4v) is 6.12. The maximum atomic E-state index is 12.4. The lowest BCUT2D eigenvalue weighted by atomic mass is 9.89. The van der Waals surface area contributed by atoms with Gasteiger partial charge >= 0.3 is 6.03 Å². The van der Waals surface area contributed by atoms with Crippen LogP contribution in [0.15, 0.2) is 103 Å². The second-order valence-corrected chi connectivity index (χ2v) is 12.1. The number of rotatable bonds is 10. The number of nitrogens with one attached hydrogen (secondary N) is 2. The Kier molecular flexibility index (Phi) is 10.7. The topological polar surface area (TPSA) is 92.3 Å². The zero-order chi connectivity index (χ0) is 31.7. The Labute approximate surface area is 271 Å². The van der Waals surface area contributed by atoms with Crippen molar-refractivity contribution in [3.63, 3.8) is 0 Å². The van der Waals surface area contributed by atoms with Gasteiger partial charge in [0.1, 0.15) is 0 Å². The highest BCUT2D eigenvalue weighted by molar-refractivity contribution is 5.74. The second kappa shape index (κ2) is 15.5. The predicted molar refractivity (Wildman–Crippen MR) is 178 cm³/mol. The van der Waals surface area contributed by atoms with Crippen molar-refractivity contribution in [1.29, 1.82) is 0 Å². The molecule has 4 aromatic carbocycles. The molecule has 0 unspecified atom stereocenters. The Bertz CT molecular complexity index is 1560. The minimum absolute atomic E-state index is 0.0122. The maximum Gasteiger partial charge on any atom is 0.315 e. The highest BCUT2D eigenvalue weighted by atomic mass is 16.7. The van der Waals surface area contributed by atoms with Crippen LogP contribution in [0.5, 0.6) is 0 Å². The third-order valence-electron chi connectivity index (χ3n) is 8.83. The first-order valence-corrected chi connectivity index (χ1v) is 16.1. The molecule has 3 N–H and O–H groups in total. The van der Waals surface area contributed by atoms with E-state index in [4.69, 9.17) is 14.2 Å². The van der Waals surface area contributed by atoms with E-state index in [1.807, 2.05) is 60.7 Å². The van der Waals surface area contributed by atoms with E-state index in [1.165, 1.54) is 0 Å². The predicted octanol–water partition coefficient (Wildman–Crippen LogP) is 5.97. The molecule has 2 saturated heterocycles. The molecule has 0 spiro atoms. The maximum absolute atomic E-state index is 12.4. The summed E-state index contributed by atoms with van der Waals surface area (Å²) in [5, 5.41) is 15.4. The standard InChI is InChI=1S/C38H43N3O5/c1-27-35(25-41-17-19-44-20-18-41)45-37(46-36(27)31-15-13-29(26-42)14-16-31)34-12-6-11-33(22-34)32-10-5-9-30(21-32)24-40-38(43)39-23-28-7-3-2-4-8-28/h2-16,21-22,27,35-37,42H,17-20,23-26H2,1H3,(H2,39,40,43)/t27-,35+,36+,37+/m0/s1. The number of hydrogen-bond donors (Lipinski definition) is 3. The Hall–Kier alpha value is -4.05. The van der Waals surface area contributed by atoms with Gasteiger partial charge in [0.2, 0.25) is 0 Å². The van der Waals surface area contributed by atoms with Crippen molar-refractivity contribution >= 4 is 6.03 Å². The summed E-state index contributed by atoms with van der Waals surface area (Å²) in [5.74, 6) is 0.122. The van der Waals surface area contributed by atoms with Crippen LogP contribution in [-0.4, -0.2) is 55.0 Å². The van der Waals surface area contributed by atoms with Gasteiger partial charge in [-0.05, 0) is 45.5 Å². The van der Waals surface area contributed by atoms with Crippen LogP contribution >= 0.6 is 0 Å². The van der Waals surface area contributed by atoms with E-state index in [0.29, 0.717) is 13.1 Å². The van der Waals surface area contributed by atoms with Crippen molar-refractivity contribution in [2.75, 3.05) is 32.8 Å². The average molecular weight is 622 g/mol. The Morgan fingerprint density at radius 1 is 0.761 bits per heavy atom. The Morgan fingerprint density at radius 2 is 1.43 bits per heavy atom. The van der Waals surface area contributed by atoms with Crippen molar-refractivity contribution in [3.8, 4) is 11.1 Å². The number of aliphatic hydroxyl groups excluding tert-OH is 1. The molecule has 2 aliphatic heterocycles. The van der Waals surface area contributed by atoms with Crippen molar-refractivity contribution in [1.82, 2.24) is 15.5 Å². The van der Waals surface area contributed by atoms with Crippen LogP contribution in [-0.2, 0) is 33.9 Å². The molecule has 2 heterocycles. The van der Waals surface area contributed by atoms with E-state index in [9.17, 15) is 9.90 Å². The molecule has 46 heavy (non-hydrogen) atoms. The zero-order valence-electron chi connectivity index (χ0n) is 26.3. The van der Waals surface area contributed by atoms with E-state index in [2.05, 4.69) is 64.9 Å². The second-order valence-electron chi connectivity index (χ2n) is 12.1. The summed E-state index contributed by atoms with van der Waals surface area (Å²) in [6.07, 6.45) is -0.739. The molecule has 0 aromatic heterocycles. The molecule has 4 atom stereocenters. The van der Waals surface area contributed by atoms with Crippen molar-refractivity contribution in [2.45, 2.75) is 45.1 Å². The van der Waals surface area contributed by atoms with Crippen molar-refractivity contribution in [2.24, 2.45) is 5.92 Å². The minimum Gasteiger partial charge on any atom is -0.392 e. The van der Waals surface area contributed by atoms with Crippen molar-refractivity contribution in [3.05, 3.63) is 131 Å². The van der Waals surface area contributed by atoms with Crippen LogP contribution in [0, 0.1) is 5.92 Å². The lowest BCUT2D eigenvalue weighted by Gasteiger charge is -2.43. The molecule has 2 aliphatic rings. The summed E-state index contributed by atoms with van der Waals surface area (Å²) in [6, 6.07) is 34.2. The number of nitrogens with zero attached hydrogens (tertiary/aromatic N) is 1. The molecule has 0 saturated carbocycles. The lowest BCUT2D eigenvalue weighted by molar-refractivity contribution is -0.277. The highest BCUT2D eigenvalue weighted by Crippen LogP contribution is 2.42. The zero-order valence-corrected chi connectivity index (χ0v) is 26.3. The third kappa shape index (κ3) is 8.20. The first-order chi connectivity index (χ1) is 22.6. The van der Waals surface area contributed by atoms with Crippen LogP contribution in [0.25, 0.3) is 11.1 Å².